The fourth-order valence-electron chi connectivity index (χ4n) is 1.73. The monoisotopic (exact) mass is 292 g/mol. The van der Waals surface area contributed by atoms with E-state index in [1.807, 2.05) is 4.90 Å². The summed E-state index contributed by atoms with van der Waals surface area (Å²) in [4.78, 5) is 24.3. The Balaban J connectivity index is 2.24. The average Bonchev–Trinajstić information content (AvgIpc) is 2.63. The van der Waals surface area contributed by atoms with Crippen LogP contribution < -0.4 is 5.73 Å². The van der Waals surface area contributed by atoms with E-state index in [-0.39, 0.29) is 10.8 Å². The molecule has 1 rings (SSSR count). The Morgan fingerprint density at radius 2 is 2.22 bits per heavy atom. The van der Waals surface area contributed by atoms with E-state index in [1.54, 1.807) is 11.8 Å². The molecule has 0 aromatic heterocycles. The summed E-state index contributed by atoms with van der Waals surface area (Å²) in [6, 6.07) is -0.844. The van der Waals surface area contributed by atoms with E-state index in [4.69, 9.17) is 10.8 Å². The average molecular weight is 292 g/mol. The van der Waals surface area contributed by atoms with Crippen LogP contribution in [0.25, 0.3) is 0 Å². The normalized spacial score (nSPS) is 19.8. The lowest BCUT2D eigenvalue weighted by Gasteiger charge is -2.30. The summed E-state index contributed by atoms with van der Waals surface area (Å²) in [6.45, 7) is 4.90. The molecule has 18 heavy (non-hydrogen) atoms. The number of amides is 1. The molecule has 0 bridgehead atoms. The van der Waals surface area contributed by atoms with Crippen LogP contribution in [0.3, 0.4) is 0 Å². The molecule has 104 valence electrons. The lowest BCUT2D eigenvalue weighted by Crippen LogP contribution is -2.41. The van der Waals surface area contributed by atoms with Crippen molar-refractivity contribution in [3.05, 3.63) is 0 Å². The summed E-state index contributed by atoms with van der Waals surface area (Å²) >= 11 is 3.20. The Kier molecular flexibility index (Phi) is 5.81. The Bertz CT molecular complexity index is 323. The molecule has 0 saturated carbocycles. The van der Waals surface area contributed by atoms with Crippen molar-refractivity contribution >= 4 is 35.4 Å². The molecule has 0 aromatic rings. The van der Waals surface area contributed by atoms with Crippen LogP contribution in [-0.2, 0) is 9.59 Å². The second-order valence-corrected chi connectivity index (χ2v) is 7.46. The zero-order chi connectivity index (χ0) is 13.8. The van der Waals surface area contributed by atoms with Crippen molar-refractivity contribution < 1.29 is 14.7 Å². The third-order valence-corrected chi connectivity index (χ3v) is 5.20. The minimum Gasteiger partial charge on any atom is -0.480 e. The highest BCUT2D eigenvalue weighted by Gasteiger charge is 2.35. The highest BCUT2D eigenvalue weighted by molar-refractivity contribution is 8.00. The third kappa shape index (κ3) is 4.37. The smallest absolute Gasteiger partial charge is 0.321 e. The van der Waals surface area contributed by atoms with Gasteiger partial charge in [0, 0.05) is 30.2 Å². The Morgan fingerprint density at radius 1 is 1.56 bits per heavy atom. The highest BCUT2D eigenvalue weighted by Crippen LogP contribution is 2.35. The van der Waals surface area contributed by atoms with Crippen molar-refractivity contribution in [2.45, 2.75) is 31.2 Å². The highest BCUT2D eigenvalue weighted by atomic mass is 32.2. The van der Waals surface area contributed by atoms with Crippen molar-refractivity contribution in [3.8, 4) is 0 Å². The van der Waals surface area contributed by atoms with Gasteiger partial charge in [-0.25, -0.2) is 0 Å². The van der Waals surface area contributed by atoms with E-state index in [2.05, 4.69) is 13.8 Å². The van der Waals surface area contributed by atoms with Crippen LogP contribution in [0.15, 0.2) is 0 Å². The first-order valence-electron chi connectivity index (χ1n) is 5.85. The zero-order valence-electron chi connectivity index (χ0n) is 10.7. The van der Waals surface area contributed by atoms with Crippen molar-refractivity contribution in [3.63, 3.8) is 0 Å². The Labute approximate surface area is 116 Å². The molecule has 3 N–H and O–H groups in total. The van der Waals surface area contributed by atoms with Gasteiger partial charge in [-0.3, -0.25) is 9.59 Å². The van der Waals surface area contributed by atoms with E-state index < -0.39 is 12.0 Å². The van der Waals surface area contributed by atoms with Crippen LogP contribution in [0.2, 0.25) is 0 Å². The van der Waals surface area contributed by atoms with Gasteiger partial charge in [0.1, 0.15) is 6.04 Å². The molecule has 1 saturated heterocycles. The van der Waals surface area contributed by atoms with Crippen molar-refractivity contribution in [1.82, 2.24) is 4.90 Å². The second-order valence-electron chi connectivity index (χ2n) is 4.61. The zero-order valence-corrected chi connectivity index (χ0v) is 12.4. The molecule has 0 spiro atoms. The van der Waals surface area contributed by atoms with Gasteiger partial charge in [0.15, 0.2) is 0 Å². The number of carbonyl (C=O) groups is 2. The maximum atomic E-state index is 12.0. The molecular weight excluding hydrogens is 272 g/mol. The second kappa shape index (κ2) is 6.68. The molecule has 0 aliphatic carbocycles. The molecule has 1 amide bonds. The molecule has 1 aliphatic rings. The predicted molar refractivity (Wildman–Crippen MR) is 75.8 cm³/mol. The SMILES string of the molecule is CC1(C)SCCN1C(=O)CCSCC(N)C(=O)O. The minimum atomic E-state index is -0.995. The summed E-state index contributed by atoms with van der Waals surface area (Å²) in [5, 5.41) is 8.62. The number of thioether (sulfide) groups is 2. The predicted octanol–water partition coefficient (Wildman–Crippen LogP) is 0.833. The van der Waals surface area contributed by atoms with Gasteiger partial charge in [-0.05, 0) is 13.8 Å². The van der Waals surface area contributed by atoms with Gasteiger partial charge in [0.2, 0.25) is 5.91 Å². The van der Waals surface area contributed by atoms with Crippen LogP contribution in [0.4, 0.5) is 0 Å². The topological polar surface area (TPSA) is 83.6 Å². The standard InChI is InChI=1S/C11H20N2O3S2/c1-11(2)13(4-6-18-11)9(14)3-5-17-7-8(12)10(15)16/h8H,3-7,12H2,1-2H3,(H,15,16). The molecule has 1 unspecified atom stereocenters. The number of carboxylic acid groups (broad SMARTS) is 1. The fourth-order valence-corrected chi connectivity index (χ4v) is 3.74. The number of carbonyl (C=O) groups excluding carboxylic acids is 1. The number of nitrogens with zero attached hydrogens (tertiary/aromatic N) is 1. The van der Waals surface area contributed by atoms with Gasteiger partial charge in [-0.1, -0.05) is 0 Å². The number of carboxylic acids is 1. The number of aliphatic carboxylic acids is 1. The summed E-state index contributed by atoms with van der Waals surface area (Å²) < 4.78 is 0. The largest absolute Gasteiger partial charge is 0.480 e. The third-order valence-electron chi connectivity index (χ3n) is 2.80. The van der Waals surface area contributed by atoms with E-state index in [0.717, 1.165) is 12.3 Å². The van der Waals surface area contributed by atoms with Gasteiger partial charge < -0.3 is 15.7 Å². The van der Waals surface area contributed by atoms with Gasteiger partial charge in [-0.2, -0.15) is 11.8 Å². The molecule has 1 heterocycles. The maximum absolute atomic E-state index is 12.0. The summed E-state index contributed by atoms with van der Waals surface area (Å²) in [7, 11) is 0. The molecule has 7 heteroatoms. The summed E-state index contributed by atoms with van der Waals surface area (Å²) in [5.74, 6) is 1.10. The minimum absolute atomic E-state index is 0.112. The number of hydrogen-bond acceptors (Lipinski definition) is 5. The van der Waals surface area contributed by atoms with Crippen molar-refractivity contribution in [2.75, 3.05) is 23.8 Å². The van der Waals surface area contributed by atoms with Crippen molar-refractivity contribution in [1.29, 1.82) is 0 Å². The molecule has 1 fully saturated rings. The van der Waals surface area contributed by atoms with E-state index >= 15 is 0 Å². The summed E-state index contributed by atoms with van der Waals surface area (Å²) in [6.07, 6.45) is 0.445. The van der Waals surface area contributed by atoms with Crippen molar-refractivity contribution in [2.24, 2.45) is 5.73 Å². The van der Waals surface area contributed by atoms with Crippen LogP contribution >= 0.6 is 23.5 Å². The van der Waals surface area contributed by atoms with E-state index in [9.17, 15) is 9.59 Å². The van der Waals surface area contributed by atoms with Gasteiger partial charge in [-0.15, -0.1) is 11.8 Å². The Hall–Kier alpha value is -0.400. The van der Waals surface area contributed by atoms with Gasteiger partial charge >= 0.3 is 5.97 Å². The molecule has 5 nitrogen and oxygen atoms in total. The lowest BCUT2D eigenvalue weighted by molar-refractivity contribution is -0.138. The fraction of sp³-hybridized carbons (Fsp3) is 0.818. The Morgan fingerprint density at radius 3 is 2.72 bits per heavy atom. The van der Waals surface area contributed by atoms with Crippen LogP contribution in [0.1, 0.15) is 20.3 Å². The first kappa shape index (κ1) is 15.7. The van der Waals surface area contributed by atoms with Gasteiger partial charge in [0.25, 0.3) is 0 Å². The molecule has 1 aliphatic heterocycles. The quantitative estimate of drug-likeness (QED) is 0.706. The van der Waals surface area contributed by atoms with Crippen LogP contribution in [0.5, 0.6) is 0 Å². The molecular formula is C11H20N2O3S2. The molecule has 1 atom stereocenters. The molecule has 0 radical (unpaired) electrons. The number of nitrogens with two attached hydrogens (primary N) is 1. The first-order chi connectivity index (χ1) is 8.34. The summed E-state index contributed by atoms with van der Waals surface area (Å²) in [5.41, 5.74) is 5.38. The maximum Gasteiger partial charge on any atom is 0.321 e. The van der Waals surface area contributed by atoms with E-state index in [1.165, 1.54) is 11.8 Å². The van der Waals surface area contributed by atoms with Crippen LogP contribution in [0, 0.1) is 0 Å². The van der Waals surface area contributed by atoms with Crippen LogP contribution in [-0.4, -0.2) is 56.6 Å². The number of rotatable bonds is 6. The first-order valence-corrected chi connectivity index (χ1v) is 7.99. The van der Waals surface area contributed by atoms with Gasteiger partial charge in [0.05, 0.1) is 4.87 Å². The number of hydrogen-bond donors (Lipinski definition) is 2. The lowest BCUT2D eigenvalue weighted by atomic mass is 10.3. The van der Waals surface area contributed by atoms with E-state index in [0.29, 0.717) is 17.9 Å². The molecule has 0 aromatic carbocycles.